The summed E-state index contributed by atoms with van der Waals surface area (Å²) < 4.78 is 5.04. The first-order chi connectivity index (χ1) is 14.1. The van der Waals surface area contributed by atoms with Crippen LogP contribution in [0.1, 0.15) is 36.4 Å². The average Bonchev–Trinajstić information content (AvgIpc) is 2.76. The minimum absolute atomic E-state index is 0.136. The molecule has 29 heavy (non-hydrogen) atoms. The topological polar surface area (TPSA) is 49.9 Å². The molecule has 0 spiro atoms. The van der Waals surface area contributed by atoms with Crippen molar-refractivity contribution in [2.75, 3.05) is 33.3 Å². The van der Waals surface area contributed by atoms with Gasteiger partial charge in [-0.3, -0.25) is 9.69 Å². The summed E-state index contributed by atoms with van der Waals surface area (Å²) in [6.45, 7) is 4.35. The molecule has 1 heterocycles. The van der Waals surface area contributed by atoms with E-state index in [1.54, 1.807) is 6.07 Å². The monoisotopic (exact) mass is 414 g/mol. The van der Waals surface area contributed by atoms with Crippen molar-refractivity contribution < 1.29 is 14.3 Å². The molecule has 0 aromatic heterocycles. The number of halogens is 1. The molecule has 2 aromatic rings. The fraction of sp³-hybridized carbons (Fsp3) is 0.391. The van der Waals surface area contributed by atoms with Crippen molar-refractivity contribution in [3.63, 3.8) is 0 Å². The van der Waals surface area contributed by atoms with Crippen molar-refractivity contribution in [1.82, 2.24) is 9.80 Å². The first-order valence-electron chi connectivity index (χ1n) is 9.96. The van der Waals surface area contributed by atoms with Gasteiger partial charge in [-0.1, -0.05) is 67.1 Å². The second-order valence-electron chi connectivity index (χ2n) is 7.18. The van der Waals surface area contributed by atoms with Gasteiger partial charge in [-0.25, -0.2) is 4.79 Å². The van der Waals surface area contributed by atoms with Gasteiger partial charge in [0.25, 0.3) is 0 Å². The van der Waals surface area contributed by atoms with Crippen molar-refractivity contribution in [3.05, 3.63) is 70.7 Å². The summed E-state index contributed by atoms with van der Waals surface area (Å²) in [6.07, 6.45) is 0.757. The van der Waals surface area contributed by atoms with E-state index < -0.39 is 6.04 Å². The summed E-state index contributed by atoms with van der Waals surface area (Å²) >= 11 is 6.35. The van der Waals surface area contributed by atoms with Crippen LogP contribution in [0.4, 0.5) is 0 Å². The molecule has 2 aromatic carbocycles. The van der Waals surface area contributed by atoms with Crippen LogP contribution in [0.2, 0.25) is 5.02 Å². The molecule has 0 radical (unpaired) electrons. The number of nitrogens with zero attached hydrogens (tertiary/aromatic N) is 2. The fourth-order valence-electron chi connectivity index (χ4n) is 3.94. The van der Waals surface area contributed by atoms with Crippen LogP contribution in [0, 0.1) is 0 Å². The lowest BCUT2D eigenvalue weighted by molar-refractivity contribution is -0.148. The lowest BCUT2D eigenvalue weighted by atomic mass is 9.94. The molecule has 6 heteroatoms. The molecule has 1 fully saturated rings. The lowest BCUT2D eigenvalue weighted by Gasteiger charge is -2.39. The maximum absolute atomic E-state index is 13.1. The SMILES string of the molecule is CCC(C(=O)N1CCN(C(C(=O)OC)c2ccccc2Cl)CC1)c1ccccc1. The Bertz CT molecular complexity index is 835. The number of carbonyl (C=O) groups is 2. The summed E-state index contributed by atoms with van der Waals surface area (Å²) in [5, 5.41) is 0.538. The number of methoxy groups -OCH3 is 1. The predicted octanol–water partition coefficient (Wildman–Crippen LogP) is 3.89. The predicted molar refractivity (Wildman–Crippen MR) is 114 cm³/mol. The van der Waals surface area contributed by atoms with Gasteiger partial charge < -0.3 is 9.64 Å². The van der Waals surface area contributed by atoms with Crippen LogP contribution in [0.5, 0.6) is 0 Å². The zero-order chi connectivity index (χ0) is 20.8. The molecule has 2 unspecified atom stereocenters. The number of esters is 1. The molecule has 0 bridgehead atoms. The Morgan fingerprint density at radius 3 is 2.21 bits per heavy atom. The van der Waals surface area contributed by atoms with Gasteiger partial charge in [0.1, 0.15) is 6.04 Å². The van der Waals surface area contributed by atoms with Crippen LogP contribution in [-0.4, -0.2) is 55.0 Å². The second-order valence-corrected chi connectivity index (χ2v) is 7.59. The molecule has 0 saturated carbocycles. The Hall–Kier alpha value is -2.37. The summed E-state index contributed by atoms with van der Waals surface area (Å²) in [7, 11) is 1.39. The van der Waals surface area contributed by atoms with Crippen LogP contribution in [0.25, 0.3) is 0 Å². The van der Waals surface area contributed by atoms with Crippen LogP contribution in [-0.2, 0) is 14.3 Å². The standard InChI is InChI=1S/C23H27ClN2O3/c1-3-18(17-9-5-4-6-10-17)22(27)26-15-13-25(14-16-26)21(23(28)29-2)19-11-7-8-12-20(19)24/h4-12,18,21H,3,13-16H2,1-2H3. The number of rotatable bonds is 6. The molecule has 3 rings (SSSR count). The van der Waals surface area contributed by atoms with Crippen LogP contribution < -0.4 is 0 Å². The fourth-order valence-corrected chi connectivity index (χ4v) is 4.18. The summed E-state index contributed by atoms with van der Waals surface area (Å²) in [6, 6.07) is 16.7. The maximum atomic E-state index is 13.1. The van der Waals surface area contributed by atoms with Crippen molar-refractivity contribution in [2.24, 2.45) is 0 Å². The number of ether oxygens (including phenoxy) is 1. The minimum Gasteiger partial charge on any atom is -0.468 e. The second kappa shape index (κ2) is 9.90. The third-order valence-electron chi connectivity index (χ3n) is 5.52. The maximum Gasteiger partial charge on any atom is 0.327 e. The van der Waals surface area contributed by atoms with E-state index in [1.165, 1.54) is 7.11 Å². The number of benzene rings is 2. The van der Waals surface area contributed by atoms with E-state index in [0.29, 0.717) is 31.2 Å². The highest BCUT2D eigenvalue weighted by molar-refractivity contribution is 6.31. The quantitative estimate of drug-likeness (QED) is 0.673. The van der Waals surface area contributed by atoms with Crippen molar-refractivity contribution in [1.29, 1.82) is 0 Å². The molecule has 2 atom stereocenters. The van der Waals surface area contributed by atoms with Crippen molar-refractivity contribution in [3.8, 4) is 0 Å². The zero-order valence-corrected chi connectivity index (χ0v) is 17.6. The molecule has 0 N–H and O–H groups in total. The Morgan fingerprint density at radius 1 is 1.00 bits per heavy atom. The molecule has 0 aliphatic carbocycles. The minimum atomic E-state index is -0.568. The van der Waals surface area contributed by atoms with E-state index in [2.05, 4.69) is 0 Å². The molecule has 1 saturated heterocycles. The van der Waals surface area contributed by atoms with Gasteiger partial charge in [-0.2, -0.15) is 0 Å². The van der Waals surface area contributed by atoms with Crippen LogP contribution in [0.15, 0.2) is 54.6 Å². The summed E-state index contributed by atoms with van der Waals surface area (Å²) in [5.74, 6) is -0.331. The van der Waals surface area contributed by atoms with Gasteiger partial charge in [-0.15, -0.1) is 0 Å². The van der Waals surface area contributed by atoms with E-state index in [0.717, 1.165) is 17.5 Å². The molecule has 1 aliphatic heterocycles. The largest absolute Gasteiger partial charge is 0.468 e. The Kier molecular flexibility index (Phi) is 7.29. The van der Waals surface area contributed by atoms with E-state index >= 15 is 0 Å². The Balaban J connectivity index is 1.72. The molecule has 1 amide bonds. The first kappa shape index (κ1) is 21.3. The van der Waals surface area contributed by atoms with Gasteiger partial charge in [0.05, 0.1) is 13.0 Å². The van der Waals surface area contributed by atoms with Crippen molar-refractivity contribution in [2.45, 2.75) is 25.3 Å². The third kappa shape index (κ3) is 4.80. The summed E-state index contributed by atoms with van der Waals surface area (Å²) in [5.41, 5.74) is 1.78. The molecule has 1 aliphatic rings. The van der Waals surface area contributed by atoms with Crippen LogP contribution >= 0.6 is 11.6 Å². The van der Waals surface area contributed by atoms with E-state index in [-0.39, 0.29) is 17.8 Å². The normalized spacial score (nSPS) is 16.9. The van der Waals surface area contributed by atoms with Crippen LogP contribution in [0.3, 0.4) is 0 Å². The molecular formula is C23H27ClN2O3. The number of carbonyl (C=O) groups excluding carboxylic acids is 2. The number of hydrogen-bond donors (Lipinski definition) is 0. The number of piperazine rings is 1. The zero-order valence-electron chi connectivity index (χ0n) is 16.9. The van der Waals surface area contributed by atoms with Crippen molar-refractivity contribution >= 4 is 23.5 Å². The van der Waals surface area contributed by atoms with E-state index in [1.807, 2.05) is 65.3 Å². The molecular weight excluding hydrogens is 388 g/mol. The average molecular weight is 415 g/mol. The Morgan fingerprint density at radius 2 is 1.62 bits per heavy atom. The molecule has 154 valence electrons. The van der Waals surface area contributed by atoms with Gasteiger partial charge in [0.15, 0.2) is 0 Å². The highest BCUT2D eigenvalue weighted by Crippen LogP contribution is 2.30. The Labute approximate surface area is 177 Å². The highest BCUT2D eigenvalue weighted by atomic mass is 35.5. The van der Waals surface area contributed by atoms with Gasteiger partial charge in [-0.05, 0) is 23.6 Å². The first-order valence-corrected chi connectivity index (χ1v) is 10.3. The van der Waals surface area contributed by atoms with Gasteiger partial charge in [0.2, 0.25) is 5.91 Å². The third-order valence-corrected chi connectivity index (χ3v) is 5.87. The number of hydrogen-bond acceptors (Lipinski definition) is 4. The highest BCUT2D eigenvalue weighted by Gasteiger charge is 2.34. The van der Waals surface area contributed by atoms with E-state index in [4.69, 9.17) is 16.3 Å². The summed E-state index contributed by atoms with van der Waals surface area (Å²) in [4.78, 5) is 29.6. The molecule has 5 nitrogen and oxygen atoms in total. The van der Waals surface area contributed by atoms with Gasteiger partial charge >= 0.3 is 5.97 Å². The smallest absolute Gasteiger partial charge is 0.327 e. The van der Waals surface area contributed by atoms with E-state index in [9.17, 15) is 9.59 Å². The lowest BCUT2D eigenvalue weighted by Crippen LogP contribution is -2.52. The van der Waals surface area contributed by atoms with Gasteiger partial charge in [0, 0.05) is 31.2 Å². The number of amides is 1.